The SMILES string of the molecule is C[C@H](c1cccc([N+](=O)[O-])c1)N(C)C(=O)CS[C@@H]1CCS(=O)(=O)C1. The van der Waals surface area contributed by atoms with Gasteiger partial charge in [0.15, 0.2) is 9.84 Å². The van der Waals surface area contributed by atoms with Gasteiger partial charge in [0.25, 0.3) is 5.69 Å². The molecular weight excluding hydrogens is 352 g/mol. The second kappa shape index (κ2) is 7.52. The smallest absolute Gasteiger partial charge is 0.269 e. The molecule has 2 rings (SSSR count). The molecule has 0 aromatic heterocycles. The number of carbonyl (C=O) groups excluding carboxylic acids is 1. The van der Waals surface area contributed by atoms with Crippen LogP contribution < -0.4 is 0 Å². The summed E-state index contributed by atoms with van der Waals surface area (Å²) in [6.45, 7) is 1.81. The van der Waals surface area contributed by atoms with E-state index >= 15 is 0 Å². The zero-order valence-electron chi connectivity index (χ0n) is 13.5. The number of nitrogens with zero attached hydrogens (tertiary/aromatic N) is 2. The van der Waals surface area contributed by atoms with E-state index in [1.54, 1.807) is 19.2 Å². The molecule has 1 aliphatic heterocycles. The first-order chi connectivity index (χ1) is 11.2. The molecule has 1 saturated heterocycles. The number of non-ortho nitro benzene ring substituents is 1. The van der Waals surface area contributed by atoms with Crippen LogP contribution >= 0.6 is 11.8 Å². The topological polar surface area (TPSA) is 97.6 Å². The molecule has 0 aliphatic carbocycles. The van der Waals surface area contributed by atoms with Gasteiger partial charge in [-0.05, 0) is 18.9 Å². The second-order valence-corrected chi connectivity index (χ2v) is 9.39. The first kappa shape index (κ1) is 18.7. The van der Waals surface area contributed by atoms with Gasteiger partial charge in [0, 0.05) is 24.4 Å². The van der Waals surface area contributed by atoms with Crippen molar-refractivity contribution in [3.05, 3.63) is 39.9 Å². The summed E-state index contributed by atoms with van der Waals surface area (Å²) < 4.78 is 22.9. The molecule has 132 valence electrons. The maximum Gasteiger partial charge on any atom is 0.269 e. The van der Waals surface area contributed by atoms with Crippen molar-refractivity contribution in [2.24, 2.45) is 0 Å². The van der Waals surface area contributed by atoms with Crippen LogP contribution in [0.2, 0.25) is 0 Å². The Morgan fingerprint density at radius 1 is 1.50 bits per heavy atom. The highest BCUT2D eigenvalue weighted by atomic mass is 32.2. The zero-order chi connectivity index (χ0) is 17.9. The van der Waals surface area contributed by atoms with Gasteiger partial charge in [0.05, 0.1) is 28.2 Å². The van der Waals surface area contributed by atoms with Crippen molar-refractivity contribution in [2.75, 3.05) is 24.3 Å². The Balaban J connectivity index is 1.95. The summed E-state index contributed by atoms with van der Waals surface area (Å²) in [6.07, 6.45) is 0.588. The fourth-order valence-electron chi connectivity index (χ4n) is 2.52. The molecule has 1 heterocycles. The summed E-state index contributed by atoms with van der Waals surface area (Å²) in [4.78, 5) is 24.2. The van der Waals surface area contributed by atoms with Gasteiger partial charge in [0.2, 0.25) is 5.91 Å². The Hall–Kier alpha value is -1.61. The van der Waals surface area contributed by atoms with Gasteiger partial charge in [-0.1, -0.05) is 12.1 Å². The standard InChI is InChI=1S/C15H20N2O5S2/c1-11(12-4-3-5-13(8-12)17(19)20)16(2)15(18)9-23-14-6-7-24(21,22)10-14/h3-5,8,11,14H,6-7,9-10H2,1-2H3/t11-,14-/m1/s1. The summed E-state index contributed by atoms with van der Waals surface area (Å²) in [6, 6.07) is 5.92. The molecule has 24 heavy (non-hydrogen) atoms. The van der Waals surface area contributed by atoms with Gasteiger partial charge >= 0.3 is 0 Å². The number of hydrogen-bond acceptors (Lipinski definition) is 6. The molecule has 7 nitrogen and oxygen atoms in total. The molecule has 0 radical (unpaired) electrons. The van der Waals surface area contributed by atoms with Crippen LogP contribution in [-0.2, 0) is 14.6 Å². The number of nitro benzene ring substituents is 1. The van der Waals surface area contributed by atoms with E-state index in [4.69, 9.17) is 0 Å². The molecule has 1 aliphatic rings. The van der Waals surface area contributed by atoms with Gasteiger partial charge in [-0.2, -0.15) is 0 Å². The maximum atomic E-state index is 12.3. The fourth-order valence-corrected chi connectivity index (χ4v) is 6.09. The number of carbonyl (C=O) groups is 1. The van der Waals surface area contributed by atoms with Gasteiger partial charge in [0.1, 0.15) is 0 Å². The average molecular weight is 372 g/mol. The number of amides is 1. The average Bonchev–Trinajstić information content (AvgIpc) is 2.90. The van der Waals surface area contributed by atoms with E-state index < -0.39 is 14.8 Å². The summed E-state index contributed by atoms with van der Waals surface area (Å²) in [5.74, 6) is 0.410. The lowest BCUT2D eigenvalue weighted by atomic mass is 10.1. The van der Waals surface area contributed by atoms with Gasteiger partial charge in [-0.15, -0.1) is 11.8 Å². The third-order valence-corrected chi connectivity index (χ3v) is 7.44. The number of hydrogen-bond donors (Lipinski definition) is 0. The Morgan fingerprint density at radius 3 is 2.79 bits per heavy atom. The van der Waals surface area contributed by atoms with Crippen molar-refractivity contribution in [2.45, 2.75) is 24.6 Å². The van der Waals surface area contributed by atoms with Crippen LogP contribution in [0.4, 0.5) is 5.69 Å². The summed E-state index contributed by atoms with van der Waals surface area (Å²) >= 11 is 1.36. The van der Waals surface area contributed by atoms with Gasteiger partial charge < -0.3 is 4.90 Å². The molecule has 0 unspecified atom stereocenters. The van der Waals surface area contributed by atoms with Gasteiger partial charge in [-0.3, -0.25) is 14.9 Å². The summed E-state index contributed by atoms with van der Waals surface area (Å²) in [5.41, 5.74) is 0.680. The lowest BCUT2D eigenvalue weighted by Gasteiger charge is -2.25. The van der Waals surface area contributed by atoms with E-state index in [1.807, 2.05) is 6.92 Å². The fraction of sp³-hybridized carbons (Fsp3) is 0.533. The Labute approximate surface area is 145 Å². The van der Waals surface area contributed by atoms with Crippen LogP contribution in [-0.4, -0.2) is 53.7 Å². The lowest BCUT2D eigenvalue weighted by Crippen LogP contribution is -2.31. The predicted octanol–water partition coefficient (Wildman–Crippen LogP) is 2.03. The lowest BCUT2D eigenvalue weighted by molar-refractivity contribution is -0.384. The molecule has 1 aromatic rings. The predicted molar refractivity (Wildman–Crippen MR) is 93.8 cm³/mol. The van der Waals surface area contributed by atoms with E-state index in [9.17, 15) is 23.3 Å². The maximum absolute atomic E-state index is 12.3. The largest absolute Gasteiger partial charge is 0.338 e. The third-order valence-electron chi connectivity index (χ3n) is 4.17. The monoisotopic (exact) mass is 372 g/mol. The molecule has 9 heteroatoms. The normalized spacial score (nSPS) is 20.5. The number of thioether (sulfide) groups is 1. The van der Waals surface area contributed by atoms with E-state index in [2.05, 4.69) is 0 Å². The van der Waals surface area contributed by atoms with Crippen LogP contribution in [0.1, 0.15) is 24.9 Å². The molecule has 1 aromatic carbocycles. The highest BCUT2D eigenvalue weighted by Crippen LogP contribution is 2.27. The number of nitro groups is 1. The van der Waals surface area contributed by atoms with E-state index in [1.165, 1.54) is 28.8 Å². The third kappa shape index (κ3) is 4.70. The molecule has 0 bridgehead atoms. The van der Waals surface area contributed by atoms with Crippen molar-refractivity contribution in [1.29, 1.82) is 0 Å². The van der Waals surface area contributed by atoms with E-state index in [-0.39, 0.29) is 40.1 Å². The number of benzene rings is 1. The zero-order valence-corrected chi connectivity index (χ0v) is 15.2. The van der Waals surface area contributed by atoms with Crippen molar-refractivity contribution >= 4 is 33.2 Å². The Bertz CT molecular complexity index is 735. The second-order valence-electron chi connectivity index (χ2n) is 5.87. The molecule has 2 atom stereocenters. The number of sulfone groups is 1. The molecule has 1 fully saturated rings. The Morgan fingerprint density at radius 2 is 2.21 bits per heavy atom. The minimum atomic E-state index is -2.95. The van der Waals surface area contributed by atoms with Gasteiger partial charge in [-0.25, -0.2) is 8.42 Å². The van der Waals surface area contributed by atoms with Crippen molar-refractivity contribution in [3.63, 3.8) is 0 Å². The molecule has 0 spiro atoms. The molecular formula is C15H20N2O5S2. The first-order valence-electron chi connectivity index (χ1n) is 7.51. The van der Waals surface area contributed by atoms with Crippen LogP contribution in [0.5, 0.6) is 0 Å². The Kier molecular flexibility index (Phi) is 5.87. The van der Waals surface area contributed by atoms with E-state index in [0.717, 1.165) is 0 Å². The van der Waals surface area contributed by atoms with Crippen LogP contribution in [0, 0.1) is 10.1 Å². The summed E-state index contributed by atoms with van der Waals surface area (Å²) in [5, 5.41) is 10.8. The molecule has 1 amide bonds. The minimum Gasteiger partial charge on any atom is -0.338 e. The van der Waals surface area contributed by atoms with Crippen molar-refractivity contribution in [1.82, 2.24) is 4.90 Å². The van der Waals surface area contributed by atoms with E-state index in [0.29, 0.717) is 12.0 Å². The quantitative estimate of drug-likeness (QED) is 0.560. The van der Waals surface area contributed by atoms with Crippen molar-refractivity contribution < 1.29 is 18.1 Å². The number of rotatable bonds is 6. The van der Waals surface area contributed by atoms with Crippen LogP contribution in [0.3, 0.4) is 0 Å². The minimum absolute atomic E-state index is 0.00858. The summed E-state index contributed by atoms with van der Waals surface area (Å²) in [7, 11) is -1.29. The van der Waals surface area contributed by atoms with Crippen LogP contribution in [0.15, 0.2) is 24.3 Å². The highest BCUT2D eigenvalue weighted by molar-refractivity contribution is 8.02. The first-order valence-corrected chi connectivity index (χ1v) is 10.4. The van der Waals surface area contributed by atoms with Crippen LogP contribution in [0.25, 0.3) is 0 Å². The van der Waals surface area contributed by atoms with Crippen molar-refractivity contribution in [3.8, 4) is 0 Å². The molecule has 0 saturated carbocycles. The highest BCUT2D eigenvalue weighted by Gasteiger charge is 2.29. The molecule has 0 N–H and O–H groups in total.